The Kier molecular flexibility index (Phi) is 2.88. The van der Waals surface area contributed by atoms with E-state index in [9.17, 15) is 0 Å². The molecule has 0 N–H and O–H groups in total. The molecule has 1 nitrogen and oxygen atoms in total. The van der Waals surface area contributed by atoms with Crippen LogP contribution < -0.4 is 0 Å². The minimum atomic E-state index is 0.562. The van der Waals surface area contributed by atoms with Crippen LogP contribution in [0.15, 0.2) is 31.7 Å². The summed E-state index contributed by atoms with van der Waals surface area (Å²) < 4.78 is 1.50. The highest BCUT2D eigenvalue weighted by Gasteiger charge is 2.19. The van der Waals surface area contributed by atoms with E-state index in [1.54, 1.807) is 0 Å². The molecule has 1 fully saturated rings. The average molecular weight is 246 g/mol. The van der Waals surface area contributed by atoms with Crippen LogP contribution in [-0.4, -0.2) is 0 Å². The zero-order valence-electron chi connectivity index (χ0n) is 5.56. The maximum absolute atomic E-state index is 8.53. The van der Waals surface area contributed by atoms with Crippen LogP contribution in [0.3, 0.4) is 0 Å². The first-order valence-electron chi connectivity index (χ1n) is 2.69. The molecule has 0 radical (unpaired) electrons. The van der Waals surface area contributed by atoms with Crippen LogP contribution in [0.2, 0.25) is 0 Å². The highest BCUT2D eigenvalue weighted by Crippen LogP contribution is 2.52. The Balaban J connectivity index is 2.93. The molecule has 0 amide bonds. The van der Waals surface area contributed by atoms with Crippen LogP contribution >= 0.6 is 39.5 Å². The van der Waals surface area contributed by atoms with Gasteiger partial charge >= 0.3 is 0 Å². The zero-order chi connectivity index (χ0) is 8.43. The predicted octanol–water partition coefficient (Wildman–Crippen LogP) is 3.58. The van der Waals surface area contributed by atoms with Gasteiger partial charge in [-0.15, -0.1) is 0 Å². The highest BCUT2D eigenvalue weighted by atomic mass is 79.9. The standard InChI is InChI=1S/C7H4BrNS2/c1-4-5(2)11-7(10-4)6(8)3-9/h1-2H2. The second kappa shape index (κ2) is 3.53. The fourth-order valence-electron chi connectivity index (χ4n) is 0.494. The average Bonchev–Trinajstić information content (AvgIpc) is 2.31. The first-order chi connectivity index (χ1) is 5.15. The van der Waals surface area contributed by atoms with Gasteiger partial charge in [0.2, 0.25) is 0 Å². The summed E-state index contributed by atoms with van der Waals surface area (Å²) in [6, 6.07) is 2.02. The summed E-state index contributed by atoms with van der Waals surface area (Å²) in [5.41, 5.74) is 0. The maximum atomic E-state index is 8.53. The highest BCUT2D eigenvalue weighted by molar-refractivity contribution is 9.12. The Morgan fingerprint density at radius 2 is 1.82 bits per heavy atom. The third-order valence-electron chi connectivity index (χ3n) is 1.02. The van der Waals surface area contributed by atoms with Gasteiger partial charge < -0.3 is 0 Å². The molecule has 0 atom stereocenters. The topological polar surface area (TPSA) is 23.8 Å². The number of allylic oxidation sites excluding steroid dienone is 1. The van der Waals surface area contributed by atoms with Crippen molar-refractivity contribution in [1.29, 1.82) is 5.26 Å². The molecule has 4 heteroatoms. The first-order valence-corrected chi connectivity index (χ1v) is 5.11. The summed E-state index contributed by atoms with van der Waals surface area (Å²) in [5.74, 6) is 0. The molecule has 0 bridgehead atoms. The van der Waals surface area contributed by atoms with E-state index in [-0.39, 0.29) is 0 Å². The molecule has 1 aliphatic heterocycles. The van der Waals surface area contributed by atoms with Gasteiger partial charge in [0.05, 0.1) is 4.24 Å². The third kappa shape index (κ3) is 1.92. The fourth-order valence-corrected chi connectivity index (χ4v) is 2.95. The van der Waals surface area contributed by atoms with Gasteiger partial charge in [0.1, 0.15) is 10.6 Å². The molecule has 56 valence electrons. The van der Waals surface area contributed by atoms with Crippen LogP contribution in [0.4, 0.5) is 0 Å². The molecule has 0 aromatic rings. The van der Waals surface area contributed by atoms with Crippen molar-refractivity contribution in [2.75, 3.05) is 0 Å². The van der Waals surface area contributed by atoms with Gasteiger partial charge in [-0.1, -0.05) is 36.7 Å². The van der Waals surface area contributed by atoms with E-state index in [1.165, 1.54) is 23.5 Å². The minimum absolute atomic E-state index is 0.562. The van der Waals surface area contributed by atoms with Crippen molar-refractivity contribution in [3.8, 4) is 6.07 Å². The molecule has 0 aliphatic carbocycles. The van der Waals surface area contributed by atoms with Gasteiger partial charge in [0.25, 0.3) is 0 Å². The third-order valence-corrected chi connectivity index (χ3v) is 4.51. The van der Waals surface area contributed by atoms with E-state index in [0.29, 0.717) is 4.48 Å². The van der Waals surface area contributed by atoms with Gasteiger partial charge in [0.15, 0.2) is 0 Å². The van der Waals surface area contributed by atoms with Crippen molar-refractivity contribution in [2.45, 2.75) is 0 Å². The van der Waals surface area contributed by atoms with E-state index in [4.69, 9.17) is 5.26 Å². The van der Waals surface area contributed by atoms with E-state index in [0.717, 1.165) is 14.0 Å². The fraction of sp³-hybridized carbons (Fsp3) is 0. The quantitative estimate of drug-likeness (QED) is 0.610. The second-order valence-corrected chi connectivity index (χ2v) is 5.03. The summed E-state index contributed by atoms with van der Waals surface area (Å²) in [7, 11) is 0. The zero-order valence-corrected chi connectivity index (χ0v) is 8.77. The first kappa shape index (κ1) is 8.98. The molecule has 0 unspecified atom stereocenters. The van der Waals surface area contributed by atoms with Crippen LogP contribution in [0, 0.1) is 11.3 Å². The van der Waals surface area contributed by atoms with E-state index in [2.05, 4.69) is 29.1 Å². The Morgan fingerprint density at radius 3 is 2.18 bits per heavy atom. The van der Waals surface area contributed by atoms with Crippen LogP contribution in [0.5, 0.6) is 0 Å². The Labute approximate surface area is 82.4 Å². The molecule has 0 aromatic carbocycles. The Hall–Kier alpha value is -0.110. The molecule has 0 spiro atoms. The monoisotopic (exact) mass is 245 g/mol. The lowest BCUT2D eigenvalue weighted by molar-refractivity contribution is 1.53. The molecular weight excluding hydrogens is 242 g/mol. The van der Waals surface area contributed by atoms with Crippen molar-refractivity contribution in [1.82, 2.24) is 0 Å². The summed E-state index contributed by atoms with van der Waals surface area (Å²) in [6.45, 7) is 7.56. The van der Waals surface area contributed by atoms with Gasteiger partial charge in [-0.05, 0) is 15.9 Å². The van der Waals surface area contributed by atoms with Crippen LogP contribution in [-0.2, 0) is 0 Å². The smallest absolute Gasteiger partial charge is 0.115 e. The number of nitriles is 1. The van der Waals surface area contributed by atoms with Crippen LogP contribution in [0.1, 0.15) is 0 Å². The molecule has 11 heavy (non-hydrogen) atoms. The van der Waals surface area contributed by atoms with Crippen LogP contribution in [0.25, 0.3) is 0 Å². The predicted molar refractivity (Wildman–Crippen MR) is 55.0 cm³/mol. The number of hydrogen-bond donors (Lipinski definition) is 0. The van der Waals surface area contributed by atoms with Crippen molar-refractivity contribution in [2.24, 2.45) is 0 Å². The molecule has 0 aromatic heterocycles. The van der Waals surface area contributed by atoms with Crippen molar-refractivity contribution < 1.29 is 0 Å². The minimum Gasteiger partial charge on any atom is -0.192 e. The normalized spacial score (nSPS) is 16.9. The van der Waals surface area contributed by atoms with E-state index in [1.807, 2.05) is 6.07 Å². The van der Waals surface area contributed by atoms with Crippen molar-refractivity contribution in [3.05, 3.63) is 31.7 Å². The largest absolute Gasteiger partial charge is 0.192 e. The summed E-state index contributed by atoms with van der Waals surface area (Å²) in [4.78, 5) is 1.86. The molecule has 1 rings (SSSR count). The summed E-state index contributed by atoms with van der Waals surface area (Å²) in [5, 5.41) is 8.53. The van der Waals surface area contributed by atoms with E-state index >= 15 is 0 Å². The number of nitrogens with zero attached hydrogens (tertiary/aromatic N) is 1. The van der Waals surface area contributed by atoms with Crippen molar-refractivity contribution >= 4 is 39.5 Å². The number of rotatable bonds is 0. The van der Waals surface area contributed by atoms with E-state index < -0.39 is 0 Å². The number of halogens is 1. The number of hydrogen-bond acceptors (Lipinski definition) is 3. The second-order valence-electron chi connectivity index (χ2n) is 1.76. The van der Waals surface area contributed by atoms with Gasteiger partial charge in [-0.25, -0.2) is 0 Å². The van der Waals surface area contributed by atoms with Gasteiger partial charge in [0, 0.05) is 9.81 Å². The Morgan fingerprint density at radius 1 is 1.36 bits per heavy atom. The summed E-state index contributed by atoms with van der Waals surface area (Å²) in [6.07, 6.45) is 0. The summed E-state index contributed by atoms with van der Waals surface area (Å²) >= 11 is 6.12. The lowest BCUT2D eigenvalue weighted by atomic mass is 10.6. The van der Waals surface area contributed by atoms with Gasteiger partial charge in [-0.2, -0.15) is 5.26 Å². The van der Waals surface area contributed by atoms with Crippen molar-refractivity contribution in [3.63, 3.8) is 0 Å². The lowest BCUT2D eigenvalue weighted by Crippen LogP contribution is -1.63. The molecule has 1 saturated heterocycles. The molecule has 1 heterocycles. The molecule has 1 aliphatic rings. The Bertz CT molecular complexity index is 280. The van der Waals surface area contributed by atoms with Gasteiger partial charge in [-0.3, -0.25) is 0 Å². The number of thioether (sulfide) groups is 2. The molecule has 0 saturated carbocycles. The SMILES string of the molecule is C=C1SC(=C(Br)C#N)SC1=C. The molecular formula is C7H4BrNS2. The maximum Gasteiger partial charge on any atom is 0.115 e. The lowest BCUT2D eigenvalue weighted by Gasteiger charge is -1.88.